The summed E-state index contributed by atoms with van der Waals surface area (Å²) >= 11 is 0. The van der Waals surface area contributed by atoms with E-state index < -0.39 is 21.6 Å². The summed E-state index contributed by atoms with van der Waals surface area (Å²) in [6, 6.07) is 5.92. The molecule has 0 atom stereocenters. The van der Waals surface area contributed by atoms with Gasteiger partial charge in [0.05, 0.1) is 0 Å². The molecule has 0 radical (unpaired) electrons. The Morgan fingerprint density at radius 3 is 1.93 bits per heavy atom. The first kappa shape index (κ1) is 9.18. The summed E-state index contributed by atoms with van der Waals surface area (Å²) in [7, 11) is 0. The average Bonchev–Trinajstić information content (AvgIpc) is 2.27. The maximum absolute atomic E-state index is 11.5. The Labute approximate surface area is 82.2 Å². The lowest BCUT2D eigenvalue weighted by molar-refractivity contribution is -0.0681. The van der Waals surface area contributed by atoms with Crippen LogP contribution in [0.3, 0.4) is 0 Å². The third-order valence-electron chi connectivity index (χ3n) is 2.15. The minimum atomic E-state index is -1.07. The molecule has 2 aromatic carbocycles. The zero-order valence-corrected chi connectivity index (χ0v) is 7.43. The van der Waals surface area contributed by atoms with E-state index in [9.17, 15) is 14.4 Å². The van der Waals surface area contributed by atoms with Gasteiger partial charge in [0.25, 0.3) is 5.43 Å². The summed E-state index contributed by atoms with van der Waals surface area (Å²) in [5.41, 5.74) is 5.86. The Morgan fingerprint density at radius 2 is 1.40 bits per heavy atom. The molecule has 0 heterocycles. The van der Waals surface area contributed by atoms with Crippen molar-refractivity contribution < 1.29 is 4.79 Å². The van der Waals surface area contributed by atoms with Gasteiger partial charge in [-0.1, -0.05) is 18.2 Å². The van der Waals surface area contributed by atoms with E-state index in [-0.39, 0.29) is 10.8 Å². The Kier molecular flexibility index (Phi) is 1.88. The summed E-state index contributed by atoms with van der Waals surface area (Å²) in [5.74, 6) is 0. The average molecular weight is 200 g/mol. The molecule has 0 amide bonds. The molecule has 0 aliphatic rings. The Balaban J connectivity index is 3.43. The van der Waals surface area contributed by atoms with Crippen LogP contribution in [0, 0.1) is 0 Å². The zero-order valence-electron chi connectivity index (χ0n) is 7.43. The third kappa shape index (κ3) is 1.14. The smallest absolute Gasteiger partial charge is 0.360 e. The molecule has 2 rings (SSSR count). The largest absolute Gasteiger partial charge is 0.413 e. The lowest BCUT2D eigenvalue weighted by atomic mass is 10.1. The minimum absolute atomic E-state index is 0.0555. The molecule has 0 bridgehead atoms. The van der Waals surface area contributed by atoms with Crippen molar-refractivity contribution in [1.29, 1.82) is 0 Å². The lowest BCUT2D eigenvalue weighted by Gasteiger charge is -1.88. The van der Waals surface area contributed by atoms with Gasteiger partial charge < -0.3 is 5.53 Å². The van der Waals surface area contributed by atoms with E-state index in [1.54, 1.807) is 12.1 Å². The number of rotatable bonds is 0. The Bertz CT molecular complexity index is 779. The van der Waals surface area contributed by atoms with Gasteiger partial charge in [-0.3, -0.25) is 14.4 Å². The van der Waals surface area contributed by atoms with Crippen molar-refractivity contribution in [2.45, 2.75) is 0 Å². The predicted molar refractivity (Wildman–Crippen MR) is 51.9 cm³/mol. The van der Waals surface area contributed by atoms with E-state index >= 15 is 0 Å². The molecule has 5 heteroatoms. The summed E-state index contributed by atoms with van der Waals surface area (Å²) in [6.07, 6.45) is 0. The first-order valence-corrected chi connectivity index (χ1v) is 4.11. The molecule has 15 heavy (non-hydrogen) atoms. The van der Waals surface area contributed by atoms with Crippen molar-refractivity contribution in [3.05, 3.63) is 65.8 Å². The molecule has 0 saturated carbocycles. The van der Waals surface area contributed by atoms with Crippen molar-refractivity contribution in [1.82, 2.24) is 0 Å². The van der Waals surface area contributed by atoms with E-state index in [0.717, 1.165) is 0 Å². The van der Waals surface area contributed by atoms with Crippen molar-refractivity contribution in [2.24, 2.45) is 0 Å². The van der Waals surface area contributed by atoms with Crippen LogP contribution in [0.1, 0.15) is 0 Å². The number of hydrogen-bond acceptors (Lipinski definition) is 3. The molecule has 2 aromatic rings. The summed E-state index contributed by atoms with van der Waals surface area (Å²) < 4.78 is 0. The SMILES string of the molecule is [N-]=[N+]=c1c(=O)c(=O)c2ccccc2c1=O. The fraction of sp³-hybridized carbons (Fsp3) is 0. The van der Waals surface area contributed by atoms with Gasteiger partial charge in [0, 0.05) is 10.8 Å². The summed E-state index contributed by atoms with van der Waals surface area (Å²) in [6.45, 7) is 0. The highest BCUT2D eigenvalue weighted by molar-refractivity contribution is 5.81. The normalized spacial score (nSPS) is 10.1. The van der Waals surface area contributed by atoms with E-state index in [1.807, 2.05) is 0 Å². The van der Waals surface area contributed by atoms with Crippen molar-refractivity contribution in [3.8, 4) is 0 Å². The van der Waals surface area contributed by atoms with Gasteiger partial charge in [0.1, 0.15) is 0 Å². The van der Waals surface area contributed by atoms with Gasteiger partial charge in [-0.05, 0) is 6.07 Å². The molecule has 0 unspecified atom stereocenters. The van der Waals surface area contributed by atoms with Gasteiger partial charge in [0.15, 0.2) is 0 Å². The minimum Gasteiger partial charge on any atom is -0.360 e. The molecule has 5 nitrogen and oxygen atoms in total. The highest BCUT2D eigenvalue weighted by atomic mass is 16.2. The highest BCUT2D eigenvalue weighted by Gasteiger charge is 2.14. The summed E-state index contributed by atoms with van der Waals surface area (Å²) in [5, 5.41) is -0.575. The van der Waals surface area contributed by atoms with Gasteiger partial charge >= 0.3 is 10.8 Å². The molecule has 0 aliphatic heterocycles. The fourth-order valence-corrected chi connectivity index (χ4v) is 1.43. The van der Waals surface area contributed by atoms with Crippen LogP contribution in [0.15, 0.2) is 38.6 Å². The first-order chi connectivity index (χ1) is 7.16. The molecule has 0 N–H and O–H groups in total. The van der Waals surface area contributed by atoms with E-state index in [2.05, 4.69) is 4.79 Å². The molecule has 0 spiro atoms. The lowest BCUT2D eigenvalue weighted by Crippen LogP contribution is -2.48. The highest BCUT2D eigenvalue weighted by Crippen LogP contribution is 2.00. The maximum Gasteiger partial charge on any atom is 0.413 e. The predicted octanol–water partition coefficient (Wildman–Crippen LogP) is -1.07. The van der Waals surface area contributed by atoms with E-state index in [4.69, 9.17) is 5.53 Å². The van der Waals surface area contributed by atoms with Gasteiger partial charge in [-0.15, -0.1) is 0 Å². The van der Waals surface area contributed by atoms with Crippen molar-refractivity contribution >= 4 is 10.8 Å². The Morgan fingerprint density at radius 1 is 0.867 bits per heavy atom. The molecule has 0 aliphatic carbocycles. The van der Waals surface area contributed by atoms with Crippen LogP contribution in [-0.2, 0) is 0 Å². The molecule has 0 fully saturated rings. The molecule has 0 saturated heterocycles. The molecular weight excluding hydrogens is 196 g/mol. The van der Waals surface area contributed by atoms with Crippen LogP contribution in [0.25, 0.3) is 16.3 Å². The van der Waals surface area contributed by atoms with Crippen LogP contribution in [0.5, 0.6) is 0 Å². The van der Waals surface area contributed by atoms with Crippen LogP contribution >= 0.6 is 0 Å². The number of hydrogen-bond donors (Lipinski definition) is 0. The van der Waals surface area contributed by atoms with Crippen molar-refractivity contribution in [3.63, 3.8) is 0 Å². The molecule has 72 valence electrons. The second-order valence-electron chi connectivity index (χ2n) is 2.98. The van der Waals surface area contributed by atoms with Crippen molar-refractivity contribution in [2.75, 3.05) is 0 Å². The van der Waals surface area contributed by atoms with Gasteiger partial charge in [0.2, 0.25) is 5.43 Å². The van der Waals surface area contributed by atoms with E-state index in [1.165, 1.54) is 12.1 Å². The number of benzene rings is 2. The zero-order chi connectivity index (χ0) is 11.0. The summed E-state index contributed by atoms with van der Waals surface area (Å²) in [4.78, 5) is 36.8. The van der Waals surface area contributed by atoms with Gasteiger partial charge in [-0.25, -0.2) is 0 Å². The molecule has 0 aromatic heterocycles. The third-order valence-corrected chi connectivity index (χ3v) is 2.15. The standard InChI is InChI=1S/C10H4N2O3/c11-12-7-8(13)5-3-1-2-4-6(5)9(14)10(7)15/h1-4H. The maximum atomic E-state index is 11.5. The number of fused-ring (bicyclic) bond motifs is 1. The fourth-order valence-electron chi connectivity index (χ4n) is 1.43. The van der Waals surface area contributed by atoms with Crippen LogP contribution in [0.2, 0.25) is 0 Å². The van der Waals surface area contributed by atoms with Crippen LogP contribution in [-0.4, -0.2) is 4.79 Å². The second-order valence-corrected chi connectivity index (χ2v) is 2.98. The number of nitrogens with zero attached hydrogens (tertiary/aromatic N) is 2. The monoisotopic (exact) mass is 200 g/mol. The van der Waals surface area contributed by atoms with Gasteiger partial charge in [-0.2, -0.15) is 4.79 Å². The topological polar surface area (TPSA) is 87.6 Å². The quantitative estimate of drug-likeness (QED) is 0.308. The van der Waals surface area contributed by atoms with Crippen LogP contribution in [0.4, 0.5) is 0 Å². The second kappa shape index (κ2) is 3.08. The molecular formula is C10H4N2O3. The van der Waals surface area contributed by atoms with Crippen LogP contribution < -0.4 is 21.6 Å². The Hall–Kier alpha value is -2.39. The van der Waals surface area contributed by atoms with E-state index in [0.29, 0.717) is 0 Å². The first-order valence-electron chi connectivity index (χ1n) is 4.11.